The SMILES string of the molecule is CNc1ncc(F)c(N(C)c2ccccc2C#N)n1. The van der Waals surface area contributed by atoms with E-state index in [0.717, 1.165) is 6.20 Å². The molecule has 96 valence electrons. The van der Waals surface area contributed by atoms with Gasteiger partial charge in [0, 0.05) is 14.1 Å². The van der Waals surface area contributed by atoms with Crippen molar-refractivity contribution < 1.29 is 4.39 Å². The Morgan fingerprint density at radius 3 is 2.79 bits per heavy atom. The summed E-state index contributed by atoms with van der Waals surface area (Å²) in [5.74, 6) is -0.117. The van der Waals surface area contributed by atoms with E-state index < -0.39 is 5.82 Å². The molecule has 0 radical (unpaired) electrons. The lowest BCUT2D eigenvalue weighted by Crippen LogP contribution is -2.15. The van der Waals surface area contributed by atoms with E-state index in [0.29, 0.717) is 17.2 Å². The van der Waals surface area contributed by atoms with Gasteiger partial charge in [0.25, 0.3) is 0 Å². The van der Waals surface area contributed by atoms with Gasteiger partial charge in [0.1, 0.15) is 6.07 Å². The quantitative estimate of drug-likeness (QED) is 0.914. The fraction of sp³-hybridized carbons (Fsp3) is 0.154. The zero-order chi connectivity index (χ0) is 13.8. The highest BCUT2D eigenvalue weighted by atomic mass is 19.1. The number of nitriles is 1. The summed E-state index contributed by atoms with van der Waals surface area (Å²) in [6.07, 6.45) is 1.10. The zero-order valence-corrected chi connectivity index (χ0v) is 10.6. The number of aromatic nitrogens is 2. The van der Waals surface area contributed by atoms with Crippen LogP contribution in [0.4, 0.5) is 21.8 Å². The molecule has 0 atom stereocenters. The van der Waals surface area contributed by atoms with E-state index >= 15 is 0 Å². The molecule has 19 heavy (non-hydrogen) atoms. The summed E-state index contributed by atoms with van der Waals surface area (Å²) in [4.78, 5) is 9.37. The highest BCUT2D eigenvalue weighted by Crippen LogP contribution is 2.27. The van der Waals surface area contributed by atoms with Gasteiger partial charge in [-0.3, -0.25) is 0 Å². The number of nitrogens with zero attached hydrogens (tertiary/aromatic N) is 4. The van der Waals surface area contributed by atoms with Crippen molar-refractivity contribution in [3.63, 3.8) is 0 Å². The highest BCUT2D eigenvalue weighted by Gasteiger charge is 2.15. The van der Waals surface area contributed by atoms with Crippen molar-refractivity contribution in [2.75, 3.05) is 24.3 Å². The fourth-order valence-electron chi connectivity index (χ4n) is 1.69. The van der Waals surface area contributed by atoms with Gasteiger partial charge in [0.05, 0.1) is 17.4 Å². The Balaban J connectivity index is 2.50. The van der Waals surface area contributed by atoms with E-state index in [2.05, 4.69) is 21.4 Å². The Morgan fingerprint density at radius 2 is 2.11 bits per heavy atom. The lowest BCUT2D eigenvalue weighted by atomic mass is 10.2. The third-order valence-corrected chi connectivity index (χ3v) is 2.65. The number of hydrogen-bond donors (Lipinski definition) is 1. The molecule has 0 aliphatic carbocycles. The Labute approximate surface area is 110 Å². The Morgan fingerprint density at radius 1 is 1.37 bits per heavy atom. The van der Waals surface area contributed by atoms with Crippen molar-refractivity contribution in [2.45, 2.75) is 0 Å². The Bertz CT molecular complexity index is 635. The van der Waals surface area contributed by atoms with Gasteiger partial charge < -0.3 is 10.2 Å². The van der Waals surface area contributed by atoms with Crippen molar-refractivity contribution in [1.29, 1.82) is 5.26 Å². The monoisotopic (exact) mass is 257 g/mol. The van der Waals surface area contributed by atoms with Crippen LogP contribution in [0.15, 0.2) is 30.5 Å². The summed E-state index contributed by atoms with van der Waals surface area (Å²) < 4.78 is 13.8. The molecule has 0 spiro atoms. The summed E-state index contributed by atoms with van der Waals surface area (Å²) in [7, 11) is 3.31. The van der Waals surface area contributed by atoms with Gasteiger partial charge in [0.2, 0.25) is 5.95 Å². The van der Waals surface area contributed by atoms with Crippen LogP contribution >= 0.6 is 0 Å². The first kappa shape index (κ1) is 12.8. The number of rotatable bonds is 3. The Kier molecular flexibility index (Phi) is 3.57. The predicted molar refractivity (Wildman–Crippen MR) is 70.8 cm³/mol. The molecule has 0 saturated carbocycles. The van der Waals surface area contributed by atoms with Crippen LogP contribution in [0.3, 0.4) is 0 Å². The lowest BCUT2D eigenvalue weighted by Gasteiger charge is -2.20. The first-order valence-corrected chi connectivity index (χ1v) is 5.60. The lowest BCUT2D eigenvalue weighted by molar-refractivity contribution is 0.614. The summed E-state index contributed by atoms with van der Waals surface area (Å²) in [5, 5.41) is 11.8. The second-order valence-corrected chi connectivity index (χ2v) is 3.80. The van der Waals surface area contributed by atoms with E-state index in [1.807, 2.05) is 0 Å². The first-order chi connectivity index (χ1) is 9.17. The molecule has 2 aromatic rings. The first-order valence-electron chi connectivity index (χ1n) is 5.60. The molecule has 0 bridgehead atoms. The maximum absolute atomic E-state index is 13.8. The minimum Gasteiger partial charge on any atom is -0.357 e. The van der Waals surface area contributed by atoms with Crippen LogP contribution in [0.1, 0.15) is 5.56 Å². The van der Waals surface area contributed by atoms with Crippen molar-refractivity contribution in [2.24, 2.45) is 0 Å². The molecule has 0 fully saturated rings. The molecular weight excluding hydrogens is 245 g/mol. The number of nitrogens with one attached hydrogen (secondary N) is 1. The summed E-state index contributed by atoms with van der Waals surface area (Å²) >= 11 is 0. The van der Waals surface area contributed by atoms with Gasteiger partial charge in [-0.15, -0.1) is 0 Å². The molecule has 6 heteroatoms. The minimum atomic E-state index is -0.547. The van der Waals surface area contributed by atoms with Crippen LogP contribution in [0.2, 0.25) is 0 Å². The molecule has 0 amide bonds. The van der Waals surface area contributed by atoms with Gasteiger partial charge in [-0.05, 0) is 12.1 Å². The van der Waals surface area contributed by atoms with E-state index in [-0.39, 0.29) is 5.82 Å². The van der Waals surface area contributed by atoms with Crippen LogP contribution in [0.25, 0.3) is 0 Å². The molecule has 0 aliphatic rings. The molecular formula is C13H12FN5. The molecule has 1 aromatic heterocycles. The molecule has 1 heterocycles. The summed E-state index contributed by atoms with van der Waals surface area (Å²) in [5.41, 5.74) is 1.04. The highest BCUT2D eigenvalue weighted by molar-refractivity contribution is 5.67. The largest absolute Gasteiger partial charge is 0.357 e. The average Bonchev–Trinajstić information content (AvgIpc) is 2.47. The summed E-state index contributed by atoms with van der Waals surface area (Å²) in [6, 6.07) is 9.01. The fourth-order valence-corrected chi connectivity index (χ4v) is 1.69. The maximum atomic E-state index is 13.8. The Hall–Kier alpha value is -2.68. The smallest absolute Gasteiger partial charge is 0.224 e. The second-order valence-electron chi connectivity index (χ2n) is 3.80. The van der Waals surface area contributed by atoms with E-state index in [9.17, 15) is 4.39 Å². The van der Waals surface area contributed by atoms with E-state index in [4.69, 9.17) is 5.26 Å². The van der Waals surface area contributed by atoms with Gasteiger partial charge in [-0.1, -0.05) is 12.1 Å². The van der Waals surface area contributed by atoms with E-state index in [1.54, 1.807) is 38.4 Å². The van der Waals surface area contributed by atoms with Crippen LogP contribution in [-0.4, -0.2) is 24.1 Å². The third-order valence-electron chi connectivity index (χ3n) is 2.65. The standard InChI is InChI=1S/C13H12FN5/c1-16-13-17-8-10(14)12(18-13)19(2)11-6-4-3-5-9(11)7-15/h3-6,8H,1-2H3,(H,16,17,18). The second kappa shape index (κ2) is 5.31. The molecule has 1 aromatic carbocycles. The predicted octanol–water partition coefficient (Wildman–Crippen LogP) is 2.30. The van der Waals surface area contributed by atoms with Crippen molar-refractivity contribution >= 4 is 17.5 Å². The number of hydrogen-bond acceptors (Lipinski definition) is 5. The van der Waals surface area contributed by atoms with Gasteiger partial charge in [-0.25, -0.2) is 9.37 Å². The van der Waals surface area contributed by atoms with Crippen LogP contribution in [-0.2, 0) is 0 Å². The summed E-state index contributed by atoms with van der Waals surface area (Å²) in [6.45, 7) is 0. The number of benzene rings is 1. The van der Waals surface area contributed by atoms with Crippen molar-refractivity contribution in [1.82, 2.24) is 9.97 Å². The maximum Gasteiger partial charge on any atom is 0.224 e. The average molecular weight is 257 g/mol. The minimum absolute atomic E-state index is 0.113. The van der Waals surface area contributed by atoms with E-state index in [1.165, 1.54) is 4.90 Å². The molecule has 0 aliphatic heterocycles. The van der Waals surface area contributed by atoms with Crippen LogP contribution in [0, 0.1) is 17.1 Å². The topological polar surface area (TPSA) is 64.8 Å². The molecule has 5 nitrogen and oxygen atoms in total. The normalized spacial score (nSPS) is 9.79. The van der Waals surface area contributed by atoms with Crippen LogP contribution < -0.4 is 10.2 Å². The molecule has 2 rings (SSSR count). The molecule has 0 unspecified atom stereocenters. The number of anilines is 3. The third kappa shape index (κ3) is 2.45. The number of para-hydroxylation sites is 1. The van der Waals surface area contributed by atoms with Crippen molar-refractivity contribution in [3.05, 3.63) is 41.8 Å². The van der Waals surface area contributed by atoms with Gasteiger partial charge >= 0.3 is 0 Å². The van der Waals surface area contributed by atoms with Gasteiger partial charge in [0.15, 0.2) is 11.6 Å². The van der Waals surface area contributed by atoms with Crippen LogP contribution in [0.5, 0.6) is 0 Å². The van der Waals surface area contributed by atoms with Crippen molar-refractivity contribution in [3.8, 4) is 6.07 Å². The number of halogens is 1. The molecule has 0 saturated heterocycles. The van der Waals surface area contributed by atoms with Gasteiger partial charge in [-0.2, -0.15) is 10.2 Å². The zero-order valence-electron chi connectivity index (χ0n) is 10.6. The molecule has 1 N–H and O–H groups in total.